The maximum atomic E-state index is 12.0. The van der Waals surface area contributed by atoms with Crippen LogP contribution in [0.4, 0.5) is 11.4 Å². The molecule has 3 N–H and O–H groups in total. The Kier molecular flexibility index (Phi) is 3.49. The predicted molar refractivity (Wildman–Crippen MR) is 67.7 cm³/mol. The minimum Gasteiger partial charge on any atom is -0.399 e. The van der Waals surface area contributed by atoms with Crippen LogP contribution in [0, 0.1) is 17.2 Å². The molecule has 2 rings (SSSR count). The molecule has 0 radical (unpaired) electrons. The van der Waals surface area contributed by atoms with Gasteiger partial charge in [-0.05, 0) is 31.5 Å². The van der Waals surface area contributed by atoms with Crippen LogP contribution in [0.25, 0.3) is 0 Å². The van der Waals surface area contributed by atoms with Gasteiger partial charge in [-0.2, -0.15) is 5.26 Å². The number of hydrogen-bond acceptors (Lipinski definition) is 4. The summed E-state index contributed by atoms with van der Waals surface area (Å²) in [7, 11) is 0. The molecule has 1 fully saturated rings. The van der Waals surface area contributed by atoms with Crippen molar-refractivity contribution in [1.29, 1.82) is 5.26 Å². The van der Waals surface area contributed by atoms with E-state index in [1.807, 2.05) is 13.0 Å². The number of nitriles is 1. The number of nitrogens with two attached hydrogens (primary N) is 1. The van der Waals surface area contributed by atoms with Gasteiger partial charge in [0.2, 0.25) is 5.91 Å². The van der Waals surface area contributed by atoms with Crippen molar-refractivity contribution in [3.05, 3.63) is 23.8 Å². The lowest BCUT2D eigenvalue weighted by Crippen LogP contribution is -2.23. The van der Waals surface area contributed by atoms with Gasteiger partial charge >= 0.3 is 0 Å². The van der Waals surface area contributed by atoms with E-state index in [0.29, 0.717) is 30.0 Å². The van der Waals surface area contributed by atoms with Crippen LogP contribution in [0.1, 0.15) is 18.9 Å². The average molecular weight is 245 g/mol. The third kappa shape index (κ3) is 2.60. The first-order valence-electron chi connectivity index (χ1n) is 5.82. The summed E-state index contributed by atoms with van der Waals surface area (Å²) < 4.78 is 5.35. The van der Waals surface area contributed by atoms with Gasteiger partial charge in [0.25, 0.3) is 0 Å². The van der Waals surface area contributed by atoms with Gasteiger partial charge in [-0.25, -0.2) is 0 Å². The number of nitrogens with one attached hydrogen (secondary N) is 1. The quantitative estimate of drug-likeness (QED) is 0.773. The molecule has 0 bridgehead atoms. The first-order valence-corrected chi connectivity index (χ1v) is 5.82. The van der Waals surface area contributed by atoms with E-state index in [9.17, 15) is 4.79 Å². The molecule has 18 heavy (non-hydrogen) atoms. The fourth-order valence-corrected chi connectivity index (χ4v) is 2.00. The fourth-order valence-electron chi connectivity index (χ4n) is 2.00. The number of anilines is 2. The van der Waals surface area contributed by atoms with Gasteiger partial charge in [0.1, 0.15) is 6.07 Å². The Bertz CT molecular complexity index is 507. The fraction of sp³-hybridized carbons (Fsp3) is 0.385. The highest BCUT2D eigenvalue weighted by Crippen LogP contribution is 2.23. The van der Waals surface area contributed by atoms with E-state index in [0.717, 1.165) is 0 Å². The molecule has 0 aliphatic carbocycles. The number of amides is 1. The van der Waals surface area contributed by atoms with E-state index < -0.39 is 0 Å². The van der Waals surface area contributed by atoms with Crippen molar-refractivity contribution in [1.82, 2.24) is 0 Å². The van der Waals surface area contributed by atoms with E-state index in [2.05, 4.69) is 5.32 Å². The number of rotatable bonds is 2. The molecule has 1 aromatic rings. The highest BCUT2D eigenvalue weighted by Gasteiger charge is 2.28. The highest BCUT2D eigenvalue weighted by atomic mass is 16.5. The zero-order valence-corrected chi connectivity index (χ0v) is 10.1. The summed E-state index contributed by atoms with van der Waals surface area (Å²) in [5, 5.41) is 11.7. The molecule has 1 saturated heterocycles. The molecular formula is C13H15N3O2. The van der Waals surface area contributed by atoms with Crippen molar-refractivity contribution in [2.45, 2.75) is 19.4 Å². The Morgan fingerprint density at radius 2 is 2.39 bits per heavy atom. The Hall–Kier alpha value is -2.06. The Morgan fingerprint density at radius 1 is 1.61 bits per heavy atom. The monoisotopic (exact) mass is 245 g/mol. The molecule has 1 amide bonds. The van der Waals surface area contributed by atoms with Crippen LogP contribution in [0.5, 0.6) is 0 Å². The number of benzene rings is 1. The van der Waals surface area contributed by atoms with Gasteiger partial charge in [-0.1, -0.05) is 0 Å². The molecule has 1 aromatic carbocycles. The Balaban J connectivity index is 2.10. The summed E-state index contributed by atoms with van der Waals surface area (Å²) in [6.07, 6.45) is 0.825. The van der Waals surface area contributed by atoms with Gasteiger partial charge < -0.3 is 15.8 Å². The second kappa shape index (κ2) is 5.07. The van der Waals surface area contributed by atoms with E-state index in [-0.39, 0.29) is 17.9 Å². The lowest BCUT2D eigenvalue weighted by Gasteiger charge is -2.11. The molecular weight excluding hydrogens is 230 g/mol. The lowest BCUT2D eigenvalue weighted by molar-refractivity contribution is -0.119. The van der Waals surface area contributed by atoms with Crippen molar-refractivity contribution in [2.24, 2.45) is 5.92 Å². The highest BCUT2D eigenvalue weighted by molar-refractivity contribution is 5.94. The van der Waals surface area contributed by atoms with Crippen molar-refractivity contribution in [2.75, 3.05) is 17.7 Å². The second-order valence-electron chi connectivity index (χ2n) is 4.48. The first kappa shape index (κ1) is 12.4. The number of carbonyl (C=O) groups excluding carboxylic acids is 1. The Labute approximate surface area is 106 Å². The molecule has 94 valence electrons. The van der Waals surface area contributed by atoms with Crippen LogP contribution >= 0.6 is 0 Å². The van der Waals surface area contributed by atoms with Crippen LogP contribution in [0.3, 0.4) is 0 Å². The summed E-state index contributed by atoms with van der Waals surface area (Å²) in [5.41, 5.74) is 6.96. The summed E-state index contributed by atoms with van der Waals surface area (Å²) in [6, 6.07) is 6.86. The molecule has 1 heterocycles. The van der Waals surface area contributed by atoms with E-state index in [1.165, 1.54) is 0 Å². The van der Waals surface area contributed by atoms with Crippen molar-refractivity contribution >= 4 is 17.3 Å². The molecule has 0 saturated carbocycles. The minimum absolute atomic E-state index is 0.111. The minimum atomic E-state index is -0.149. The molecule has 1 aliphatic heterocycles. The molecule has 2 atom stereocenters. The SMILES string of the molecule is CC1CC(C(=O)Nc2ccc(N)cc2C#N)CO1. The van der Waals surface area contributed by atoms with Gasteiger partial charge in [0.05, 0.1) is 29.9 Å². The molecule has 2 unspecified atom stereocenters. The summed E-state index contributed by atoms with van der Waals surface area (Å²) >= 11 is 0. The van der Waals surface area contributed by atoms with Crippen LogP contribution in [-0.4, -0.2) is 18.6 Å². The molecule has 1 aliphatic rings. The molecule has 0 aromatic heterocycles. The number of nitrogen functional groups attached to an aromatic ring is 1. The van der Waals surface area contributed by atoms with Crippen molar-refractivity contribution in [3.63, 3.8) is 0 Å². The smallest absolute Gasteiger partial charge is 0.229 e. The van der Waals surface area contributed by atoms with Gasteiger partial charge in [0.15, 0.2) is 0 Å². The van der Waals surface area contributed by atoms with Crippen molar-refractivity contribution < 1.29 is 9.53 Å². The third-order valence-corrected chi connectivity index (χ3v) is 2.99. The maximum Gasteiger partial charge on any atom is 0.229 e. The standard InChI is InChI=1S/C13H15N3O2/c1-8-4-10(7-18-8)13(17)16-12-3-2-11(15)5-9(12)6-14/h2-3,5,8,10H,4,7,15H2,1H3,(H,16,17). The zero-order valence-electron chi connectivity index (χ0n) is 10.1. The molecule has 0 spiro atoms. The lowest BCUT2D eigenvalue weighted by atomic mass is 10.0. The van der Waals surface area contributed by atoms with Crippen LogP contribution < -0.4 is 11.1 Å². The van der Waals surface area contributed by atoms with E-state index >= 15 is 0 Å². The van der Waals surface area contributed by atoms with Crippen molar-refractivity contribution in [3.8, 4) is 6.07 Å². The summed E-state index contributed by atoms with van der Waals surface area (Å²) in [4.78, 5) is 12.0. The zero-order chi connectivity index (χ0) is 13.1. The van der Waals surface area contributed by atoms with Crippen LogP contribution in [0.15, 0.2) is 18.2 Å². The number of hydrogen-bond donors (Lipinski definition) is 2. The number of ether oxygens (including phenoxy) is 1. The second-order valence-corrected chi connectivity index (χ2v) is 4.48. The predicted octanol–water partition coefficient (Wildman–Crippen LogP) is 1.50. The van der Waals surface area contributed by atoms with Gasteiger partial charge in [-0.15, -0.1) is 0 Å². The number of carbonyl (C=O) groups is 1. The van der Waals surface area contributed by atoms with Gasteiger partial charge in [0, 0.05) is 5.69 Å². The van der Waals surface area contributed by atoms with E-state index in [1.54, 1.807) is 18.2 Å². The van der Waals surface area contributed by atoms with Gasteiger partial charge in [-0.3, -0.25) is 4.79 Å². The summed E-state index contributed by atoms with van der Waals surface area (Å²) in [5.74, 6) is -0.260. The first-order chi connectivity index (χ1) is 8.60. The third-order valence-electron chi connectivity index (χ3n) is 2.99. The largest absolute Gasteiger partial charge is 0.399 e. The Morgan fingerprint density at radius 3 is 3.00 bits per heavy atom. The average Bonchev–Trinajstić information content (AvgIpc) is 2.78. The van der Waals surface area contributed by atoms with Crippen LogP contribution in [-0.2, 0) is 9.53 Å². The summed E-state index contributed by atoms with van der Waals surface area (Å²) in [6.45, 7) is 2.38. The molecule has 5 heteroatoms. The van der Waals surface area contributed by atoms with Crippen LogP contribution in [0.2, 0.25) is 0 Å². The normalized spacial score (nSPS) is 22.4. The van der Waals surface area contributed by atoms with E-state index in [4.69, 9.17) is 15.7 Å². The number of nitrogens with zero attached hydrogens (tertiary/aromatic N) is 1. The topological polar surface area (TPSA) is 88.1 Å². The maximum absolute atomic E-state index is 12.0. The molecule has 5 nitrogen and oxygen atoms in total.